The molecule has 20 heavy (non-hydrogen) atoms. The zero-order chi connectivity index (χ0) is 14.7. The van der Waals surface area contributed by atoms with Gasteiger partial charge in [-0.05, 0) is 44.7 Å². The van der Waals surface area contributed by atoms with Gasteiger partial charge in [-0.1, -0.05) is 6.92 Å². The summed E-state index contributed by atoms with van der Waals surface area (Å²) in [6, 6.07) is 7.68. The predicted molar refractivity (Wildman–Crippen MR) is 78.1 cm³/mol. The van der Waals surface area contributed by atoms with Crippen molar-refractivity contribution >= 4 is 5.97 Å². The second kappa shape index (κ2) is 6.27. The van der Waals surface area contributed by atoms with Crippen LogP contribution in [0.2, 0.25) is 0 Å². The van der Waals surface area contributed by atoms with Crippen molar-refractivity contribution in [3.05, 3.63) is 29.8 Å². The maximum atomic E-state index is 11.4. The van der Waals surface area contributed by atoms with Crippen LogP contribution >= 0.6 is 0 Å². The monoisotopic (exact) mass is 277 g/mol. The molecule has 2 rings (SSSR count). The van der Waals surface area contributed by atoms with Gasteiger partial charge in [-0.2, -0.15) is 0 Å². The summed E-state index contributed by atoms with van der Waals surface area (Å²) in [4.78, 5) is 13.7. The molecule has 1 aromatic rings. The van der Waals surface area contributed by atoms with E-state index < -0.39 is 0 Å². The normalized spacial score (nSPS) is 27.1. The predicted octanol–water partition coefficient (Wildman–Crippen LogP) is 2.58. The highest BCUT2D eigenvalue weighted by atomic mass is 16.5. The molecule has 0 amide bonds. The minimum absolute atomic E-state index is 0.227. The third-order valence-electron chi connectivity index (χ3n) is 4.10. The van der Waals surface area contributed by atoms with Gasteiger partial charge in [-0.3, -0.25) is 0 Å². The van der Waals surface area contributed by atoms with Gasteiger partial charge in [0.25, 0.3) is 0 Å². The molecule has 0 spiro atoms. The van der Waals surface area contributed by atoms with Gasteiger partial charge in [0, 0.05) is 18.5 Å². The first kappa shape index (κ1) is 14.9. The third-order valence-corrected chi connectivity index (χ3v) is 4.10. The van der Waals surface area contributed by atoms with Crippen LogP contribution in [0.4, 0.5) is 0 Å². The fourth-order valence-electron chi connectivity index (χ4n) is 2.63. The van der Waals surface area contributed by atoms with Crippen molar-refractivity contribution in [3.63, 3.8) is 0 Å². The molecule has 4 heteroatoms. The number of piperidine rings is 1. The van der Waals surface area contributed by atoms with Crippen molar-refractivity contribution in [2.24, 2.45) is 5.92 Å². The van der Waals surface area contributed by atoms with Crippen LogP contribution in [0.3, 0.4) is 0 Å². The molecule has 0 saturated carbocycles. The quantitative estimate of drug-likeness (QED) is 0.796. The van der Waals surface area contributed by atoms with Gasteiger partial charge >= 0.3 is 5.97 Å². The lowest BCUT2D eigenvalue weighted by Crippen LogP contribution is -2.47. The highest BCUT2D eigenvalue weighted by Gasteiger charge is 2.30. The van der Waals surface area contributed by atoms with Crippen LogP contribution in [0.1, 0.15) is 30.6 Å². The Morgan fingerprint density at radius 3 is 2.50 bits per heavy atom. The van der Waals surface area contributed by atoms with E-state index in [1.165, 1.54) is 7.11 Å². The first-order valence-corrected chi connectivity index (χ1v) is 7.06. The lowest BCUT2D eigenvalue weighted by Gasteiger charge is -2.39. The molecular weight excluding hydrogens is 254 g/mol. The second-order valence-corrected chi connectivity index (χ2v) is 5.67. The number of carbonyl (C=O) groups excluding carboxylic acids is 1. The van der Waals surface area contributed by atoms with Gasteiger partial charge in [0.1, 0.15) is 11.9 Å². The smallest absolute Gasteiger partial charge is 0.337 e. The average Bonchev–Trinajstić information content (AvgIpc) is 2.44. The molecule has 0 aromatic heterocycles. The summed E-state index contributed by atoms with van der Waals surface area (Å²) >= 11 is 0. The summed E-state index contributed by atoms with van der Waals surface area (Å²) in [5.41, 5.74) is 0.546. The van der Waals surface area contributed by atoms with Crippen LogP contribution < -0.4 is 4.74 Å². The van der Waals surface area contributed by atoms with Crippen molar-refractivity contribution in [1.29, 1.82) is 0 Å². The van der Waals surface area contributed by atoms with Crippen LogP contribution in [0, 0.1) is 5.92 Å². The molecular formula is C16H23NO3. The number of benzene rings is 1. The van der Waals surface area contributed by atoms with Gasteiger partial charge in [0.2, 0.25) is 0 Å². The molecule has 0 N–H and O–H groups in total. The minimum Gasteiger partial charge on any atom is -0.490 e. The molecule has 1 aliphatic rings. The second-order valence-electron chi connectivity index (χ2n) is 5.67. The van der Waals surface area contributed by atoms with Crippen molar-refractivity contribution in [2.45, 2.75) is 32.4 Å². The lowest BCUT2D eigenvalue weighted by atomic mass is 9.92. The first-order chi connectivity index (χ1) is 9.51. The Kier molecular flexibility index (Phi) is 4.65. The lowest BCUT2D eigenvalue weighted by molar-refractivity contribution is 0.0338. The van der Waals surface area contributed by atoms with E-state index in [2.05, 4.69) is 30.5 Å². The largest absolute Gasteiger partial charge is 0.490 e. The number of methoxy groups -OCH3 is 1. The van der Waals surface area contributed by atoms with E-state index in [1.807, 2.05) is 12.1 Å². The van der Waals surface area contributed by atoms with E-state index in [1.54, 1.807) is 12.1 Å². The van der Waals surface area contributed by atoms with E-state index in [4.69, 9.17) is 4.74 Å². The highest BCUT2D eigenvalue weighted by Crippen LogP contribution is 2.26. The van der Waals surface area contributed by atoms with E-state index in [9.17, 15) is 4.79 Å². The van der Waals surface area contributed by atoms with Crippen LogP contribution in [-0.2, 0) is 4.74 Å². The first-order valence-electron chi connectivity index (χ1n) is 7.06. The number of likely N-dealkylation sites (tertiary alicyclic amines) is 1. The molecule has 1 saturated heterocycles. The highest BCUT2D eigenvalue weighted by molar-refractivity contribution is 5.89. The number of carbonyl (C=O) groups is 1. The molecule has 3 unspecified atom stereocenters. The minimum atomic E-state index is -0.321. The number of esters is 1. The topological polar surface area (TPSA) is 38.8 Å². The summed E-state index contributed by atoms with van der Waals surface area (Å²) in [6.45, 7) is 5.49. The Balaban J connectivity index is 2.01. The van der Waals surface area contributed by atoms with Crippen molar-refractivity contribution in [2.75, 3.05) is 20.7 Å². The molecule has 0 aliphatic carbocycles. The average molecular weight is 277 g/mol. The number of hydrogen-bond acceptors (Lipinski definition) is 4. The summed E-state index contributed by atoms with van der Waals surface area (Å²) < 4.78 is 10.8. The summed E-state index contributed by atoms with van der Waals surface area (Å²) in [7, 11) is 3.54. The Bertz CT molecular complexity index is 457. The van der Waals surface area contributed by atoms with Crippen molar-refractivity contribution in [1.82, 2.24) is 4.90 Å². The zero-order valence-corrected chi connectivity index (χ0v) is 12.6. The van der Waals surface area contributed by atoms with Gasteiger partial charge in [0.05, 0.1) is 12.7 Å². The van der Waals surface area contributed by atoms with E-state index in [-0.39, 0.29) is 12.1 Å². The van der Waals surface area contributed by atoms with Gasteiger partial charge in [0.15, 0.2) is 0 Å². The fourth-order valence-corrected chi connectivity index (χ4v) is 2.63. The maximum Gasteiger partial charge on any atom is 0.337 e. The summed E-state index contributed by atoms with van der Waals surface area (Å²) in [5.74, 6) is 0.987. The summed E-state index contributed by atoms with van der Waals surface area (Å²) in [6.07, 6.45) is 1.25. The Morgan fingerprint density at radius 1 is 1.25 bits per heavy atom. The molecule has 0 radical (unpaired) electrons. The Hall–Kier alpha value is -1.55. The number of nitrogens with zero attached hydrogens (tertiary/aromatic N) is 1. The Labute approximate surface area is 120 Å². The number of hydrogen-bond donors (Lipinski definition) is 0. The van der Waals surface area contributed by atoms with Crippen LogP contribution in [-0.4, -0.2) is 43.7 Å². The molecule has 1 fully saturated rings. The fraction of sp³-hybridized carbons (Fsp3) is 0.562. The standard InChI is InChI=1S/C16H23NO3/c1-11-10-17(3)12(2)9-15(11)20-14-7-5-13(6-8-14)16(18)19-4/h5-8,11-12,15H,9-10H2,1-4H3. The molecule has 3 atom stereocenters. The number of ether oxygens (including phenoxy) is 2. The molecule has 1 aromatic carbocycles. The third kappa shape index (κ3) is 3.31. The van der Waals surface area contributed by atoms with Crippen LogP contribution in [0.5, 0.6) is 5.75 Å². The molecule has 4 nitrogen and oxygen atoms in total. The summed E-state index contributed by atoms with van der Waals surface area (Å²) in [5, 5.41) is 0. The van der Waals surface area contributed by atoms with Gasteiger partial charge in [-0.15, -0.1) is 0 Å². The van der Waals surface area contributed by atoms with Crippen LogP contribution in [0.25, 0.3) is 0 Å². The Morgan fingerprint density at radius 2 is 1.90 bits per heavy atom. The SMILES string of the molecule is COC(=O)c1ccc(OC2CC(C)N(C)CC2C)cc1. The maximum absolute atomic E-state index is 11.4. The van der Waals surface area contributed by atoms with E-state index in [0.717, 1.165) is 18.7 Å². The van der Waals surface area contributed by atoms with Crippen LogP contribution in [0.15, 0.2) is 24.3 Å². The zero-order valence-electron chi connectivity index (χ0n) is 12.6. The van der Waals surface area contributed by atoms with Gasteiger partial charge < -0.3 is 14.4 Å². The molecule has 1 heterocycles. The van der Waals surface area contributed by atoms with Crippen molar-refractivity contribution in [3.8, 4) is 5.75 Å². The molecule has 0 bridgehead atoms. The van der Waals surface area contributed by atoms with E-state index in [0.29, 0.717) is 17.5 Å². The molecule has 1 aliphatic heterocycles. The van der Waals surface area contributed by atoms with Crippen molar-refractivity contribution < 1.29 is 14.3 Å². The molecule has 110 valence electrons. The van der Waals surface area contributed by atoms with Gasteiger partial charge in [-0.25, -0.2) is 4.79 Å². The number of rotatable bonds is 3. The van der Waals surface area contributed by atoms with E-state index >= 15 is 0 Å².